The summed E-state index contributed by atoms with van der Waals surface area (Å²) >= 11 is 0. The molecule has 1 aromatic carbocycles. The van der Waals surface area contributed by atoms with Crippen LogP contribution in [0.25, 0.3) is 0 Å². The van der Waals surface area contributed by atoms with Gasteiger partial charge in [-0.3, -0.25) is 10.1 Å². The normalized spacial score (nSPS) is 24.3. The molecule has 122 valence electrons. The summed E-state index contributed by atoms with van der Waals surface area (Å²) in [5, 5.41) is 10.6. The highest BCUT2D eigenvalue weighted by molar-refractivity contribution is 5.89. The van der Waals surface area contributed by atoms with Crippen molar-refractivity contribution in [2.75, 3.05) is 6.61 Å². The largest absolute Gasteiger partial charge is 0.462 e. The van der Waals surface area contributed by atoms with Crippen LogP contribution in [0.1, 0.15) is 43.5 Å². The first-order valence-electron chi connectivity index (χ1n) is 7.99. The van der Waals surface area contributed by atoms with Gasteiger partial charge in [-0.25, -0.2) is 4.79 Å². The van der Waals surface area contributed by atoms with E-state index in [2.05, 4.69) is 19.9 Å². The molecule has 3 aliphatic carbocycles. The van der Waals surface area contributed by atoms with E-state index < -0.39 is 10.9 Å². The number of carbonyl (C=O) groups is 1. The highest BCUT2D eigenvalue weighted by atomic mass is 16.6. The summed E-state index contributed by atoms with van der Waals surface area (Å²) in [5.41, 5.74) is 2.13. The van der Waals surface area contributed by atoms with Crippen LogP contribution in [0.3, 0.4) is 0 Å². The second-order valence-corrected chi connectivity index (χ2v) is 7.08. The maximum absolute atomic E-state index is 11.9. The fourth-order valence-electron chi connectivity index (χ4n) is 3.62. The van der Waals surface area contributed by atoms with E-state index >= 15 is 0 Å². The molecule has 1 saturated carbocycles. The number of nitro benzene ring substituents is 1. The standard InChI is InChI=1S/C18H21NO4/c1-18(2)14-9-12(10-15(18)11-14)7-8-23-17(20)13-3-5-16(6-4-13)19(21)22/h3-6,9,14-15H,7-8,10-11H2,1-2H3/t14-,15-/m0/s1. The molecule has 1 fully saturated rings. The van der Waals surface area contributed by atoms with Gasteiger partial charge >= 0.3 is 5.97 Å². The Morgan fingerprint density at radius 2 is 2.04 bits per heavy atom. The molecule has 0 heterocycles. The van der Waals surface area contributed by atoms with Crippen LogP contribution < -0.4 is 0 Å². The Morgan fingerprint density at radius 1 is 1.35 bits per heavy atom. The van der Waals surface area contributed by atoms with E-state index in [0.29, 0.717) is 23.5 Å². The van der Waals surface area contributed by atoms with Gasteiger partial charge in [0.2, 0.25) is 0 Å². The second-order valence-electron chi connectivity index (χ2n) is 7.08. The van der Waals surface area contributed by atoms with Crippen molar-refractivity contribution in [3.8, 4) is 0 Å². The van der Waals surface area contributed by atoms with Crippen molar-refractivity contribution >= 4 is 11.7 Å². The number of allylic oxidation sites excluding steroid dienone is 1. The van der Waals surface area contributed by atoms with Gasteiger partial charge in [0.1, 0.15) is 0 Å². The Bertz CT molecular complexity index is 660. The van der Waals surface area contributed by atoms with Gasteiger partial charge < -0.3 is 4.74 Å². The zero-order valence-electron chi connectivity index (χ0n) is 13.5. The molecule has 23 heavy (non-hydrogen) atoms. The molecular weight excluding hydrogens is 294 g/mol. The van der Waals surface area contributed by atoms with Gasteiger partial charge in [0, 0.05) is 18.6 Å². The number of ether oxygens (including phenoxy) is 1. The minimum Gasteiger partial charge on any atom is -0.462 e. The van der Waals surface area contributed by atoms with Crippen LogP contribution in [0.5, 0.6) is 0 Å². The third-order valence-electron chi connectivity index (χ3n) is 5.46. The number of carbonyl (C=O) groups excluding carboxylic acids is 1. The van der Waals surface area contributed by atoms with Crippen molar-refractivity contribution < 1.29 is 14.5 Å². The molecule has 0 aromatic heterocycles. The summed E-state index contributed by atoms with van der Waals surface area (Å²) in [6.07, 6.45) is 5.54. The first-order chi connectivity index (χ1) is 10.9. The van der Waals surface area contributed by atoms with Gasteiger partial charge in [0.15, 0.2) is 0 Å². The number of fused-ring (bicyclic) bond motifs is 1. The number of benzene rings is 1. The zero-order chi connectivity index (χ0) is 16.6. The molecule has 3 aliphatic rings. The number of rotatable bonds is 5. The van der Waals surface area contributed by atoms with Crippen molar-refractivity contribution in [2.45, 2.75) is 33.1 Å². The molecule has 5 heteroatoms. The van der Waals surface area contributed by atoms with E-state index in [1.807, 2.05) is 0 Å². The SMILES string of the molecule is CC1(C)[C@H]2CC(CCOC(=O)c3ccc([N+](=O)[O-])cc3)=C[C@H]1C2. The maximum atomic E-state index is 11.9. The Morgan fingerprint density at radius 3 is 2.57 bits per heavy atom. The van der Waals surface area contributed by atoms with Crippen LogP contribution in [0.4, 0.5) is 5.69 Å². The van der Waals surface area contributed by atoms with E-state index in [0.717, 1.165) is 18.8 Å². The average molecular weight is 315 g/mol. The van der Waals surface area contributed by atoms with Crippen molar-refractivity contribution in [3.63, 3.8) is 0 Å². The quantitative estimate of drug-likeness (QED) is 0.354. The van der Waals surface area contributed by atoms with E-state index in [1.54, 1.807) is 0 Å². The second kappa shape index (κ2) is 5.80. The van der Waals surface area contributed by atoms with Gasteiger partial charge in [-0.1, -0.05) is 25.5 Å². The molecule has 5 nitrogen and oxygen atoms in total. The number of esters is 1. The van der Waals surface area contributed by atoms with Crippen LogP contribution >= 0.6 is 0 Å². The van der Waals surface area contributed by atoms with Crippen LogP contribution in [-0.2, 0) is 4.74 Å². The maximum Gasteiger partial charge on any atom is 0.338 e. The summed E-state index contributed by atoms with van der Waals surface area (Å²) in [7, 11) is 0. The molecule has 2 bridgehead atoms. The molecular formula is C18H21NO4. The average Bonchev–Trinajstić information content (AvgIpc) is 2.55. The Hall–Kier alpha value is -2.17. The molecule has 0 radical (unpaired) electrons. The number of non-ortho nitro benzene ring substituents is 1. The van der Waals surface area contributed by atoms with Gasteiger partial charge in [-0.05, 0) is 42.2 Å². The van der Waals surface area contributed by atoms with Crippen molar-refractivity contribution in [2.24, 2.45) is 17.3 Å². The van der Waals surface area contributed by atoms with Crippen molar-refractivity contribution in [3.05, 3.63) is 51.6 Å². The molecule has 1 aromatic rings. The van der Waals surface area contributed by atoms with E-state index in [9.17, 15) is 14.9 Å². The van der Waals surface area contributed by atoms with Crippen LogP contribution in [0.2, 0.25) is 0 Å². The molecule has 4 rings (SSSR count). The smallest absolute Gasteiger partial charge is 0.338 e. The molecule has 0 aliphatic heterocycles. The lowest BCUT2D eigenvalue weighted by atomic mass is 9.50. The van der Waals surface area contributed by atoms with Crippen molar-refractivity contribution in [1.82, 2.24) is 0 Å². The van der Waals surface area contributed by atoms with Gasteiger partial charge in [0.25, 0.3) is 5.69 Å². The molecule has 0 unspecified atom stereocenters. The minimum absolute atomic E-state index is 0.0317. The van der Waals surface area contributed by atoms with E-state index in [4.69, 9.17) is 4.74 Å². The Kier molecular flexibility index (Phi) is 3.96. The highest BCUT2D eigenvalue weighted by Gasteiger charge is 2.49. The lowest BCUT2D eigenvalue weighted by Crippen LogP contribution is -2.46. The number of nitro groups is 1. The van der Waals surface area contributed by atoms with Crippen LogP contribution in [0, 0.1) is 27.4 Å². The summed E-state index contributed by atoms with van der Waals surface area (Å²) in [6.45, 7) is 5.02. The third-order valence-corrected chi connectivity index (χ3v) is 5.46. The van der Waals surface area contributed by atoms with Gasteiger partial charge in [-0.2, -0.15) is 0 Å². The van der Waals surface area contributed by atoms with Gasteiger partial charge in [0.05, 0.1) is 17.1 Å². The van der Waals surface area contributed by atoms with Gasteiger partial charge in [-0.15, -0.1) is 0 Å². The van der Waals surface area contributed by atoms with Crippen LogP contribution in [0.15, 0.2) is 35.9 Å². The summed E-state index contributed by atoms with van der Waals surface area (Å²) in [6, 6.07) is 5.49. The van der Waals surface area contributed by atoms with Crippen molar-refractivity contribution in [1.29, 1.82) is 0 Å². The molecule has 0 spiro atoms. The monoisotopic (exact) mass is 315 g/mol. The first-order valence-corrected chi connectivity index (χ1v) is 7.99. The molecule has 0 saturated heterocycles. The Balaban J connectivity index is 1.49. The molecule has 0 amide bonds. The lowest BCUT2D eigenvalue weighted by molar-refractivity contribution is -0.384. The zero-order valence-corrected chi connectivity index (χ0v) is 13.5. The fraction of sp³-hybridized carbons (Fsp3) is 0.500. The summed E-state index contributed by atoms with van der Waals surface area (Å²) in [5.74, 6) is 1.00. The predicted molar refractivity (Wildman–Crippen MR) is 86.1 cm³/mol. The number of hydrogen-bond donors (Lipinski definition) is 0. The van der Waals surface area contributed by atoms with E-state index in [-0.39, 0.29) is 5.69 Å². The first kappa shape index (κ1) is 15.7. The third kappa shape index (κ3) is 3.00. The lowest BCUT2D eigenvalue weighted by Gasteiger charge is -2.55. The highest BCUT2D eigenvalue weighted by Crippen LogP contribution is 2.58. The summed E-state index contributed by atoms with van der Waals surface area (Å²) < 4.78 is 5.28. The summed E-state index contributed by atoms with van der Waals surface area (Å²) in [4.78, 5) is 22.0. The minimum atomic E-state index is -0.489. The Labute approximate surface area is 135 Å². The van der Waals surface area contributed by atoms with Crippen LogP contribution in [-0.4, -0.2) is 17.5 Å². The number of nitrogens with zero attached hydrogens (tertiary/aromatic N) is 1. The number of hydrogen-bond acceptors (Lipinski definition) is 4. The molecule has 0 N–H and O–H groups in total. The molecule has 2 atom stereocenters. The van der Waals surface area contributed by atoms with E-state index in [1.165, 1.54) is 36.3 Å². The predicted octanol–water partition coefficient (Wildman–Crippen LogP) is 4.13. The fourth-order valence-corrected chi connectivity index (χ4v) is 3.62. The topological polar surface area (TPSA) is 69.4 Å².